The highest BCUT2D eigenvalue weighted by Gasteiger charge is 2.27. The number of nitrogens with zero attached hydrogens (tertiary/aromatic N) is 1. The smallest absolute Gasteiger partial charge is 0.462 e. The molecule has 0 bridgehead atoms. The Bertz CT molecular complexity index is 1220. The maximum absolute atomic E-state index is 12.7. The summed E-state index contributed by atoms with van der Waals surface area (Å²) in [7, 11) is 1.44. The highest BCUT2D eigenvalue weighted by molar-refractivity contribution is 7.47. The lowest BCUT2D eigenvalue weighted by molar-refractivity contribution is -0.870. The molecular weight excluding hydrogens is 750 g/mol. The lowest BCUT2D eigenvalue weighted by Gasteiger charge is -2.24. The molecule has 58 heavy (non-hydrogen) atoms. The Kier molecular flexibility index (Phi) is 38.1. The molecule has 0 saturated carbocycles. The molecule has 0 aliphatic carbocycles. The third-order valence-electron chi connectivity index (χ3n) is 9.22. The molecule has 0 rings (SSSR count). The van der Waals surface area contributed by atoms with Gasteiger partial charge >= 0.3 is 19.8 Å². The number of allylic oxidation sites excluding steroid dienone is 12. The fourth-order valence-electron chi connectivity index (χ4n) is 5.68. The number of hydrogen-bond donors (Lipinski definition) is 1. The van der Waals surface area contributed by atoms with Crippen LogP contribution in [0.1, 0.15) is 168 Å². The summed E-state index contributed by atoms with van der Waals surface area (Å²) >= 11 is 0. The molecule has 0 saturated heterocycles. The van der Waals surface area contributed by atoms with Crippen molar-refractivity contribution < 1.29 is 42.1 Å². The number of likely N-dealkylation sites (N-methyl/N-ethyl adjacent to an activating group) is 1. The van der Waals surface area contributed by atoms with Crippen LogP contribution < -0.4 is 0 Å². The number of phosphoric acid groups is 1. The molecule has 0 aliphatic heterocycles. The molecule has 1 N–H and O–H groups in total. The summed E-state index contributed by atoms with van der Waals surface area (Å²) in [4.78, 5) is 35.4. The van der Waals surface area contributed by atoms with Crippen LogP contribution in [0.25, 0.3) is 0 Å². The van der Waals surface area contributed by atoms with Crippen molar-refractivity contribution in [1.82, 2.24) is 0 Å². The van der Waals surface area contributed by atoms with Crippen molar-refractivity contribution in [1.29, 1.82) is 0 Å². The SMILES string of the molecule is CC/C=C/C/C=C/C/C=C/C/C=C/C/C=C/CCCCCC(=O)OC[C@H](COP(=O)(O)OCC[N+](C)(C)C)OC(=O)CCCCC/C=C/CCCCCCCCCC. The summed E-state index contributed by atoms with van der Waals surface area (Å²) in [6.07, 6.45) is 49.5. The zero-order valence-electron chi connectivity index (χ0n) is 37.5. The normalized spacial score (nSPS) is 14.2. The predicted octanol–water partition coefficient (Wildman–Crippen LogP) is 13.0. The van der Waals surface area contributed by atoms with Gasteiger partial charge in [0.25, 0.3) is 0 Å². The van der Waals surface area contributed by atoms with Crippen LogP contribution in [-0.4, -0.2) is 74.9 Å². The highest BCUT2D eigenvalue weighted by Crippen LogP contribution is 2.43. The summed E-state index contributed by atoms with van der Waals surface area (Å²) < 4.78 is 34.3. The fraction of sp³-hybridized carbons (Fsp3) is 0.708. The molecule has 0 fully saturated rings. The number of quaternary nitrogens is 1. The molecule has 0 aromatic rings. The van der Waals surface area contributed by atoms with Crippen LogP contribution in [0, 0.1) is 0 Å². The maximum atomic E-state index is 12.7. The number of rotatable bonds is 40. The van der Waals surface area contributed by atoms with Crippen molar-refractivity contribution in [3.05, 3.63) is 72.9 Å². The molecule has 0 aromatic carbocycles. The molecule has 0 spiro atoms. The van der Waals surface area contributed by atoms with Crippen LogP contribution in [-0.2, 0) is 32.7 Å². The van der Waals surface area contributed by atoms with E-state index in [9.17, 15) is 19.0 Å². The first kappa shape index (κ1) is 55.5. The Hall–Kier alpha value is -2.55. The molecule has 1 unspecified atom stereocenters. The predicted molar refractivity (Wildman–Crippen MR) is 242 cm³/mol. The first-order valence-electron chi connectivity index (χ1n) is 22.7. The minimum absolute atomic E-state index is 0.0200. The number of phosphoric ester groups is 1. The number of esters is 2. The van der Waals surface area contributed by atoms with E-state index >= 15 is 0 Å². The van der Waals surface area contributed by atoms with Gasteiger partial charge in [0.1, 0.15) is 19.8 Å². The second-order valence-corrected chi connectivity index (χ2v) is 17.5. The van der Waals surface area contributed by atoms with Gasteiger partial charge in [0.2, 0.25) is 0 Å². The first-order valence-corrected chi connectivity index (χ1v) is 24.2. The van der Waals surface area contributed by atoms with Crippen LogP contribution in [0.4, 0.5) is 0 Å². The molecule has 0 aromatic heterocycles. The number of unbranched alkanes of at least 4 members (excludes halogenated alkanes) is 14. The van der Waals surface area contributed by atoms with Gasteiger partial charge < -0.3 is 18.9 Å². The third kappa shape index (κ3) is 43.0. The van der Waals surface area contributed by atoms with Gasteiger partial charge in [0.05, 0.1) is 27.7 Å². The van der Waals surface area contributed by atoms with Gasteiger partial charge in [-0.25, -0.2) is 4.57 Å². The Morgan fingerprint density at radius 3 is 1.48 bits per heavy atom. The number of carbonyl (C=O) groups excluding carboxylic acids is 2. The molecule has 334 valence electrons. The zero-order chi connectivity index (χ0) is 42.8. The number of carbonyl (C=O) groups is 2. The summed E-state index contributed by atoms with van der Waals surface area (Å²) in [5.41, 5.74) is 0. The Labute approximate surface area is 355 Å². The first-order chi connectivity index (χ1) is 28.0. The molecular formula is C48H85NO8P+. The summed E-state index contributed by atoms with van der Waals surface area (Å²) in [5.74, 6) is -0.860. The second-order valence-electron chi connectivity index (χ2n) is 16.0. The van der Waals surface area contributed by atoms with Gasteiger partial charge in [-0.15, -0.1) is 0 Å². The summed E-state index contributed by atoms with van der Waals surface area (Å²) in [5, 5.41) is 0. The quantitative estimate of drug-likeness (QED) is 0.0214. The van der Waals surface area contributed by atoms with Crippen molar-refractivity contribution in [3.63, 3.8) is 0 Å². The minimum atomic E-state index is -4.39. The van der Waals surface area contributed by atoms with Crippen molar-refractivity contribution in [2.45, 2.75) is 174 Å². The van der Waals surface area contributed by atoms with Gasteiger partial charge in [-0.2, -0.15) is 0 Å². The lowest BCUT2D eigenvalue weighted by Crippen LogP contribution is -2.37. The Morgan fingerprint density at radius 1 is 0.552 bits per heavy atom. The average molecular weight is 835 g/mol. The summed E-state index contributed by atoms with van der Waals surface area (Å²) in [6.45, 7) is 4.24. The van der Waals surface area contributed by atoms with E-state index in [1.54, 1.807) is 0 Å². The molecule has 9 nitrogen and oxygen atoms in total. The molecule has 0 amide bonds. The van der Waals surface area contributed by atoms with E-state index in [-0.39, 0.29) is 26.1 Å². The number of ether oxygens (including phenoxy) is 2. The maximum Gasteiger partial charge on any atom is 0.472 e. The standard InChI is InChI=1S/C48H84NO8P/c1-6-8-10-12-14-16-18-20-22-23-24-25-27-28-30-32-34-36-38-40-47(50)54-44-46(45-56-58(52,53)55-43-42-49(3,4)5)57-48(51)41-39-37-35-33-31-29-26-21-19-17-15-13-11-9-7-2/h8,10,14,16,20,22,24-25,28-31,46H,6-7,9,11-13,15,17-19,21,23,26-27,32-45H2,1-5H3/p+1/b10-8+,16-14+,22-20+,25-24+,30-28+,31-29+/t46-/m1/s1. The van der Waals surface area contributed by atoms with Gasteiger partial charge in [-0.05, 0) is 83.5 Å². The Balaban J connectivity index is 4.44. The van der Waals surface area contributed by atoms with Gasteiger partial charge in [0.15, 0.2) is 6.10 Å². The number of hydrogen-bond acceptors (Lipinski definition) is 7. The van der Waals surface area contributed by atoms with Crippen LogP contribution in [0.15, 0.2) is 72.9 Å². The largest absolute Gasteiger partial charge is 0.472 e. The van der Waals surface area contributed by atoms with Gasteiger partial charge in [0, 0.05) is 12.8 Å². The molecule has 0 radical (unpaired) electrons. The van der Waals surface area contributed by atoms with Crippen LogP contribution in [0.5, 0.6) is 0 Å². The third-order valence-corrected chi connectivity index (χ3v) is 10.2. The fourth-order valence-corrected chi connectivity index (χ4v) is 6.42. The monoisotopic (exact) mass is 835 g/mol. The van der Waals surface area contributed by atoms with E-state index in [0.717, 1.165) is 77.0 Å². The van der Waals surface area contributed by atoms with Crippen molar-refractivity contribution in [3.8, 4) is 0 Å². The van der Waals surface area contributed by atoms with E-state index in [2.05, 4.69) is 86.8 Å². The molecule has 0 heterocycles. The molecule has 2 atom stereocenters. The molecule has 10 heteroatoms. The van der Waals surface area contributed by atoms with E-state index in [4.69, 9.17) is 18.5 Å². The van der Waals surface area contributed by atoms with E-state index in [1.165, 1.54) is 51.4 Å². The topological polar surface area (TPSA) is 108 Å². The van der Waals surface area contributed by atoms with Gasteiger partial charge in [-0.1, -0.05) is 145 Å². The second kappa shape index (κ2) is 39.9. The van der Waals surface area contributed by atoms with Crippen molar-refractivity contribution in [2.24, 2.45) is 0 Å². The van der Waals surface area contributed by atoms with Crippen LogP contribution >= 0.6 is 7.82 Å². The van der Waals surface area contributed by atoms with E-state index in [0.29, 0.717) is 23.9 Å². The van der Waals surface area contributed by atoms with Crippen LogP contribution in [0.3, 0.4) is 0 Å². The molecule has 0 aliphatic rings. The van der Waals surface area contributed by atoms with Crippen LogP contribution in [0.2, 0.25) is 0 Å². The van der Waals surface area contributed by atoms with Crippen molar-refractivity contribution in [2.75, 3.05) is 47.5 Å². The van der Waals surface area contributed by atoms with E-state index < -0.39 is 32.5 Å². The lowest BCUT2D eigenvalue weighted by atomic mass is 10.1. The highest BCUT2D eigenvalue weighted by atomic mass is 31.2. The Morgan fingerprint density at radius 2 is 0.983 bits per heavy atom. The van der Waals surface area contributed by atoms with Crippen molar-refractivity contribution >= 4 is 19.8 Å². The average Bonchev–Trinajstić information content (AvgIpc) is 3.17. The summed E-state index contributed by atoms with van der Waals surface area (Å²) in [6, 6.07) is 0. The van der Waals surface area contributed by atoms with Gasteiger partial charge in [-0.3, -0.25) is 18.6 Å². The zero-order valence-corrected chi connectivity index (χ0v) is 38.4. The minimum Gasteiger partial charge on any atom is -0.462 e. The van der Waals surface area contributed by atoms with E-state index in [1.807, 2.05) is 21.1 Å².